The summed E-state index contributed by atoms with van der Waals surface area (Å²) in [6.45, 7) is 0. The van der Waals surface area contributed by atoms with Crippen molar-refractivity contribution in [1.82, 2.24) is 19.5 Å². The number of fused-ring (bicyclic) bond motifs is 1. The fourth-order valence-corrected chi connectivity index (χ4v) is 3.20. The standard InChI is InChI=1S/C12H16N6O3/c13-5-1-2-12(5)8(20)7(19)11(21-12)18-4-17-6-9(14)15-3-16-10(6)18/h3-5,7-8,11,19-20H,1-2,13H2,(H2,14,15,16)/t5-,7-,8?,11+,12-/m0/s1. The fraction of sp³-hybridized carbons (Fsp3) is 0.583. The molecule has 1 aliphatic carbocycles. The van der Waals surface area contributed by atoms with Gasteiger partial charge in [0, 0.05) is 6.04 Å². The van der Waals surface area contributed by atoms with Crippen molar-refractivity contribution in [2.45, 2.75) is 42.9 Å². The van der Waals surface area contributed by atoms with Gasteiger partial charge in [0.2, 0.25) is 0 Å². The molecule has 0 amide bonds. The highest BCUT2D eigenvalue weighted by Crippen LogP contribution is 2.48. The molecule has 9 nitrogen and oxygen atoms in total. The van der Waals surface area contributed by atoms with Gasteiger partial charge in [-0.1, -0.05) is 0 Å². The number of aliphatic hydroxyl groups excluding tert-OH is 2. The molecule has 0 bridgehead atoms. The van der Waals surface area contributed by atoms with Crippen molar-refractivity contribution in [2.24, 2.45) is 5.73 Å². The van der Waals surface area contributed by atoms with E-state index in [4.69, 9.17) is 16.2 Å². The van der Waals surface area contributed by atoms with Gasteiger partial charge in [-0.2, -0.15) is 0 Å². The molecule has 6 N–H and O–H groups in total. The second-order valence-corrected chi connectivity index (χ2v) is 5.63. The number of nitrogen functional groups attached to an aromatic ring is 1. The highest BCUT2D eigenvalue weighted by molar-refractivity contribution is 5.81. The topological polar surface area (TPSA) is 145 Å². The van der Waals surface area contributed by atoms with Gasteiger partial charge in [-0.25, -0.2) is 15.0 Å². The quantitative estimate of drug-likeness (QED) is 0.498. The summed E-state index contributed by atoms with van der Waals surface area (Å²) in [5, 5.41) is 20.6. The average Bonchev–Trinajstić information content (AvgIpc) is 3.01. The van der Waals surface area contributed by atoms with E-state index in [1.807, 2.05) is 0 Å². The minimum Gasteiger partial charge on any atom is -0.387 e. The van der Waals surface area contributed by atoms with Gasteiger partial charge in [0.25, 0.3) is 0 Å². The molecular weight excluding hydrogens is 276 g/mol. The number of ether oxygens (including phenoxy) is 1. The summed E-state index contributed by atoms with van der Waals surface area (Å²) in [4.78, 5) is 12.1. The maximum Gasteiger partial charge on any atom is 0.167 e. The molecule has 1 unspecified atom stereocenters. The molecule has 5 atom stereocenters. The Labute approximate surface area is 119 Å². The van der Waals surface area contributed by atoms with Crippen molar-refractivity contribution in [3.8, 4) is 0 Å². The van der Waals surface area contributed by atoms with Crippen LogP contribution in [-0.2, 0) is 4.74 Å². The molecule has 3 heterocycles. The summed E-state index contributed by atoms with van der Waals surface area (Å²) in [6, 6.07) is -0.290. The van der Waals surface area contributed by atoms with Gasteiger partial charge >= 0.3 is 0 Å². The monoisotopic (exact) mass is 292 g/mol. The lowest BCUT2D eigenvalue weighted by atomic mass is 9.71. The Bertz CT molecular complexity index is 705. The lowest BCUT2D eigenvalue weighted by Gasteiger charge is -2.46. The van der Waals surface area contributed by atoms with E-state index in [1.165, 1.54) is 12.7 Å². The minimum absolute atomic E-state index is 0.252. The Kier molecular flexibility index (Phi) is 2.52. The van der Waals surface area contributed by atoms with Crippen LogP contribution in [0.2, 0.25) is 0 Å². The Morgan fingerprint density at radius 3 is 2.76 bits per heavy atom. The summed E-state index contributed by atoms with van der Waals surface area (Å²) in [5.74, 6) is 0.252. The molecule has 4 rings (SSSR count). The first kappa shape index (κ1) is 12.9. The Hall–Kier alpha value is -1.81. The first-order chi connectivity index (χ1) is 10.0. The molecule has 2 aromatic heterocycles. The Morgan fingerprint density at radius 2 is 2.14 bits per heavy atom. The van der Waals surface area contributed by atoms with Crippen LogP contribution in [0.25, 0.3) is 11.2 Å². The molecule has 9 heteroatoms. The van der Waals surface area contributed by atoms with Crippen LogP contribution in [0.1, 0.15) is 19.1 Å². The number of nitrogens with two attached hydrogens (primary N) is 2. The summed E-state index contributed by atoms with van der Waals surface area (Å²) >= 11 is 0. The van der Waals surface area contributed by atoms with E-state index in [0.29, 0.717) is 17.6 Å². The van der Waals surface area contributed by atoms with Gasteiger partial charge < -0.3 is 26.4 Å². The molecular formula is C12H16N6O3. The smallest absolute Gasteiger partial charge is 0.167 e. The number of aromatic nitrogens is 4. The third kappa shape index (κ3) is 1.51. The lowest BCUT2D eigenvalue weighted by Crippen LogP contribution is -2.63. The fourth-order valence-electron chi connectivity index (χ4n) is 3.20. The largest absolute Gasteiger partial charge is 0.387 e. The van der Waals surface area contributed by atoms with Crippen LogP contribution in [-0.4, -0.2) is 53.6 Å². The van der Waals surface area contributed by atoms with Gasteiger partial charge in [-0.05, 0) is 12.8 Å². The van der Waals surface area contributed by atoms with Crippen molar-refractivity contribution in [1.29, 1.82) is 0 Å². The second-order valence-electron chi connectivity index (χ2n) is 5.63. The van der Waals surface area contributed by atoms with Gasteiger partial charge in [0.05, 0.1) is 6.33 Å². The number of imidazole rings is 1. The van der Waals surface area contributed by atoms with Crippen LogP contribution >= 0.6 is 0 Å². The highest BCUT2D eigenvalue weighted by atomic mass is 16.6. The molecule has 21 heavy (non-hydrogen) atoms. The zero-order valence-corrected chi connectivity index (χ0v) is 11.1. The number of anilines is 1. The van der Waals surface area contributed by atoms with Crippen LogP contribution in [0.4, 0.5) is 5.82 Å². The molecule has 0 radical (unpaired) electrons. The van der Waals surface area contributed by atoms with Crippen LogP contribution < -0.4 is 11.5 Å². The molecule has 0 aromatic carbocycles. The van der Waals surface area contributed by atoms with E-state index in [2.05, 4.69) is 15.0 Å². The van der Waals surface area contributed by atoms with Gasteiger partial charge in [-0.15, -0.1) is 0 Å². The maximum absolute atomic E-state index is 10.3. The maximum atomic E-state index is 10.3. The van der Waals surface area contributed by atoms with Gasteiger partial charge in [-0.3, -0.25) is 4.57 Å². The Balaban J connectivity index is 1.78. The van der Waals surface area contributed by atoms with Crippen molar-refractivity contribution < 1.29 is 14.9 Å². The summed E-state index contributed by atoms with van der Waals surface area (Å²) in [6.07, 6.45) is 1.22. The van der Waals surface area contributed by atoms with Crippen molar-refractivity contribution >= 4 is 17.0 Å². The van der Waals surface area contributed by atoms with Crippen LogP contribution in [0, 0.1) is 0 Å². The first-order valence-electron chi connectivity index (χ1n) is 6.77. The van der Waals surface area contributed by atoms with E-state index >= 15 is 0 Å². The van der Waals surface area contributed by atoms with Gasteiger partial charge in [0.1, 0.15) is 29.7 Å². The number of nitrogens with zero attached hydrogens (tertiary/aromatic N) is 4. The van der Waals surface area contributed by atoms with Crippen LogP contribution in [0.5, 0.6) is 0 Å². The lowest BCUT2D eigenvalue weighted by molar-refractivity contribution is -0.158. The molecule has 1 spiro atoms. The average molecular weight is 292 g/mol. The molecule has 1 saturated carbocycles. The van der Waals surface area contributed by atoms with E-state index in [1.54, 1.807) is 4.57 Å². The molecule has 2 fully saturated rings. The molecule has 1 aliphatic heterocycles. The zero-order valence-electron chi connectivity index (χ0n) is 11.1. The first-order valence-corrected chi connectivity index (χ1v) is 6.77. The number of hydrogen-bond acceptors (Lipinski definition) is 8. The van der Waals surface area contributed by atoms with E-state index < -0.39 is 24.0 Å². The predicted octanol–water partition coefficient (Wildman–Crippen LogP) is -1.48. The van der Waals surface area contributed by atoms with Crippen LogP contribution in [0.3, 0.4) is 0 Å². The predicted molar refractivity (Wildman–Crippen MR) is 71.8 cm³/mol. The third-order valence-electron chi connectivity index (χ3n) is 4.59. The van der Waals surface area contributed by atoms with Crippen molar-refractivity contribution in [3.05, 3.63) is 12.7 Å². The molecule has 1 saturated heterocycles. The summed E-state index contributed by atoms with van der Waals surface area (Å²) < 4.78 is 7.47. The SMILES string of the molecule is Nc1ncnc2c1ncn2[C@@H]1O[C@]2(CC[C@@H]2N)C(O)[C@@H]1O. The molecule has 2 aliphatic rings. The highest BCUT2D eigenvalue weighted by Gasteiger charge is 2.62. The summed E-state index contributed by atoms with van der Waals surface area (Å²) in [5.41, 5.74) is 11.7. The van der Waals surface area contributed by atoms with Crippen molar-refractivity contribution in [3.63, 3.8) is 0 Å². The second kappa shape index (κ2) is 4.10. The number of aliphatic hydroxyl groups is 2. The molecule has 112 valence electrons. The van der Waals surface area contributed by atoms with Crippen molar-refractivity contribution in [2.75, 3.05) is 5.73 Å². The van der Waals surface area contributed by atoms with E-state index in [-0.39, 0.29) is 11.9 Å². The van der Waals surface area contributed by atoms with E-state index in [0.717, 1.165) is 6.42 Å². The molecule has 2 aromatic rings. The van der Waals surface area contributed by atoms with Crippen LogP contribution in [0.15, 0.2) is 12.7 Å². The van der Waals surface area contributed by atoms with E-state index in [9.17, 15) is 10.2 Å². The normalized spacial score (nSPS) is 39.0. The summed E-state index contributed by atoms with van der Waals surface area (Å²) in [7, 11) is 0. The van der Waals surface area contributed by atoms with Gasteiger partial charge in [0.15, 0.2) is 17.7 Å². The minimum atomic E-state index is -1.11. The zero-order chi connectivity index (χ0) is 14.8. The number of rotatable bonds is 1. The third-order valence-corrected chi connectivity index (χ3v) is 4.59. The number of hydrogen-bond donors (Lipinski definition) is 4. The Morgan fingerprint density at radius 1 is 1.33 bits per heavy atom.